The van der Waals surface area contributed by atoms with Crippen molar-refractivity contribution < 1.29 is 32.9 Å². The van der Waals surface area contributed by atoms with Crippen LogP contribution in [0.2, 0.25) is 0 Å². The Morgan fingerprint density at radius 3 is 1.28 bits per heavy atom. The second-order valence-electron chi connectivity index (χ2n) is 19.6. The minimum Gasteiger partial charge on any atom is -0.387 e. The van der Waals surface area contributed by atoms with Gasteiger partial charge in [0, 0.05) is 6.42 Å². The molecule has 0 rings (SSSR count). The van der Waals surface area contributed by atoms with Crippen LogP contribution in [0.1, 0.15) is 213 Å². The Balaban J connectivity index is 4.13. The highest BCUT2D eigenvalue weighted by atomic mass is 31.2. The van der Waals surface area contributed by atoms with E-state index in [9.17, 15) is 19.4 Å². The predicted octanol–water partition coefficient (Wildman–Crippen LogP) is 16.8. The fourth-order valence-electron chi connectivity index (χ4n) is 7.41. The van der Waals surface area contributed by atoms with Crippen molar-refractivity contribution in [2.45, 2.75) is 225 Å². The highest BCUT2D eigenvalue weighted by molar-refractivity contribution is 7.47. The van der Waals surface area contributed by atoms with Gasteiger partial charge in [-0.05, 0) is 83.5 Å². The summed E-state index contributed by atoms with van der Waals surface area (Å²) in [5.74, 6) is -0.187. The van der Waals surface area contributed by atoms with E-state index in [1.165, 1.54) is 96.3 Å². The van der Waals surface area contributed by atoms with Crippen molar-refractivity contribution in [3.05, 3.63) is 109 Å². The van der Waals surface area contributed by atoms with Gasteiger partial charge < -0.3 is 19.8 Å². The molecule has 9 heteroatoms. The van der Waals surface area contributed by atoms with E-state index < -0.39 is 20.0 Å². The summed E-state index contributed by atoms with van der Waals surface area (Å²) in [5, 5.41) is 13.9. The monoisotopic (exact) mass is 982 g/mol. The second-order valence-corrected chi connectivity index (χ2v) is 21.0. The summed E-state index contributed by atoms with van der Waals surface area (Å²) >= 11 is 0. The molecule has 396 valence electrons. The molecule has 0 aromatic rings. The van der Waals surface area contributed by atoms with Gasteiger partial charge in [-0.1, -0.05) is 232 Å². The molecule has 0 radical (unpaired) electrons. The number of amides is 1. The van der Waals surface area contributed by atoms with Crippen LogP contribution < -0.4 is 5.32 Å². The van der Waals surface area contributed by atoms with Crippen molar-refractivity contribution >= 4 is 13.7 Å². The van der Waals surface area contributed by atoms with Crippen molar-refractivity contribution in [2.75, 3.05) is 40.9 Å². The number of carbonyl (C=O) groups is 1. The van der Waals surface area contributed by atoms with Crippen LogP contribution in [0.15, 0.2) is 109 Å². The Kier molecular flexibility index (Phi) is 48.1. The van der Waals surface area contributed by atoms with Gasteiger partial charge in [-0.2, -0.15) is 0 Å². The minimum atomic E-state index is -4.35. The summed E-state index contributed by atoms with van der Waals surface area (Å²) in [7, 11) is 1.56. The molecule has 0 fully saturated rings. The lowest BCUT2D eigenvalue weighted by atomic mass is 10.0. The van der Waals surface area contributed by atoms with Gasteiger partial charge in [-0.15, -0.1) is 0 Å². The Morgan fingerprint density at radius 1 is 0.507 bits per heavy atom. The standard InChI is InChI=1S/C60H105N2O6P/c1-6-8-10-12-14-16-18-20-21-22-23-24-25-26-27-28-29-30-31-32-33-34-35-36-37-38-39-40-41-42-44-46-48-50-52-54-60(64)61-58(57-68-69(65,66)67-56-55-62(3,4)5)59(63)53-51-49-47-45-43-19-17-15-13-11-9-7-2/h8,10,14,16,20-21,23-24,26-27,29-30,32-33,35-36,51,53,58-59,63H,6-7,9,11-13,15,17-19,22,25,28,31,34,37-50,52,54-57H2,1-5H3,(H-,61,64,65,66)/p+1/b10-8-,16-14-,21-20-,24-23-,27-26-,30-29-,33-32-,36-35-,53-51+. The number of phosphoric acid groups is 1. The van der Waals surface area contributed by atoms with Crippen molar-refractivity contribution in [3.8, 4) is 0 Å². The van der Waals surface area contributed by atoms with E-state index in [1.807, 2.05) is 27.2 Å². The summed E-state index contributed by atoms with van der Waals surface area (Å²) in [6.07, 6.45) is 73.3. The van der Waals surface area contributed by atoms with Crippen LogP contribution in [-0.2, 0) is 18.4 Å². The van der Waals surface area contributed by atoms with E-state index >= 15 is 0 Å². The zero-order valence-corrected chi connectivity index (χ0v) is 45.9. The number of hydrogen-bond acceptors (Lipinski definition) is 5. The first kappa shape index (κ1) is 66.2. The molecule has 3 unspecified atom stereocenters. The Morgan fingerprint density at radius 2 is 0.870 bits per heavy atom. The summed E-state index contributed by atoms with van der Waals surface area (Å²) < 4.78 is 23.6. The van der Waals surface area contributed by atoms with E-state index in [1.54, 1.807) is 6.08 Å². The molecule has 0 saturated heterocycles. The normalized spacial score (nSPS) is 14.8. The molecule has 0 aliphatic heterocycles. The van der Waals surface area contributed by atoms with Crippen LogP contribution in [0.3, 0.4) is 0 Å². The number of phosphoric ester groups is 1. The van der Waals surface area contributed by atoms with E-state index in [2.05, 4.69) is 116 Å². The number of likely N-dealkylation sites (N-methyl/N-ethyl adjacent to an activating group) is 1. The molecule has 8 nitrogen and oxygen atoms in total. The van der Waals surface area contributed by atoms with E-state index in [0.29, 0.717) is 17.4 Å². The SMILES string of the molecule is CC/C=C\C/C=C\C/C=C\C/C=C\C/C=C\C/C=C\C/C=C\C/C=C\CCCCCCCCCCCCC(=O)NC(COP(=O)(O)OCC[N+](C)(C)C)C(O)/C=C/CCCCCCCCCCCC. The molecular formula is C60H106N2O6P+. The molecule has 0 bridgehead atoms. The summed E-state index contributed by atoms with van der Waals surface area (Å²) in [4.78, 5) is 23.2. The molecule has 69 heavy (non-hydrogen) atoms. The number of unbranched alkanes of at least 4 members (excludes halogenated alkanes) is 20. The second kappa shape index (κ2) is 50.1. The Bertz CT molecular complexity index is 1490. The van der Waals surface area contributed by atoms with Gasteiger partial charge >= 0.3 is 7.82 Å². The van der Waals surface area contributed by atoms with Crippen molar-refractivity contribution in [1.82, 2.24) is 5.32 Å². The summed E-state index contributed by atoms with van der Waals surface area (Å²) in [5.41, 5.74) is 0. The van der Waals surface area contributed by atoms with Gasteiger partial charge in [0.2, 0.25) is 5.91 Å². The first-order valence-electron chi connectivity index (χ1n) is 27.8. The molecule has 0 heterocycles. The van der Waals surface area contributed by atoms with Crippen LogP contribution in [0.5, 0.6) is 0 Å². The lowest BCUT2D eigenvalue weighted by molar-refractivity contribution is -0.870. The van der Waals surface area contributed by atoms with Crippen LogP contribution in [0, 0.1) is 0 Å². The maximum absolute atomic E-state index is 12.9. The number of quaternary nitrogens is 1. The number of allylic oxidation sites excluding steroid dienone is 17. The third-order valence-electron chi connectivity index (χ3n) is 11.7. The fourth-order valence-corrected chi connectivity index (χ4v) is 8.15. The van der Waals surface area contributed by atoms with Crippen LogP contribution in [0.25, 0.3) is 0 Å². The highest BCUT2D eigenvalue weighted by Gasteiger charge is 2.27. The maximum atomic E-state index is 12.9. The van der Waals surface area contributed by atoms with Gasteiger partial charge in [-0.3, -0.25) is 13.8 Å². The molecule has 3 atom stereocenters. The third kappa shape index (κ3) is 52.8. The number of hydrogen-bond donors (Lipinski definition) is 3. The molecule has 0 aliphatic rings. The van der Waals surface area contributed by atoms with Gasteiger partial charge in [0.1, 0.15) is 13.2 Å². The largest absolute Gasteiger partial charge is 0.472 e. The number of aliphatic hydroxyl groups is 1. The number of nitrogens with one attached hydrogen (secondary N) is 1. The lowest BCUT2D eigenvalue weighted by Gasteiger charge is -2.25. The van der Waals surface area contributed by atoms with Crippen molar-refractivity contribution in [3.63, 3.8) is 0 Å². The molecule has 1 amide bonds. The van der Waals surface area contributed by atoms with Gasteiger partial charge in [0.15, 0.2) is 0 Å². The van der Waals surface area contributed by atoms with Crippen molar-refractivity contribution in [1.29, 1.82) is 0 Å². The zero-order chi connectivity index (χ0) is 50.6. The Hall–Kier alpha value is -2.84. The van der Waals surface area contributed by atoms with Gasteiger partial charge in [0.25, 0.3) is 0 Å². The topological polar surface area (TPSA) is 105 Å². The van der Waals surface area contributed by atoms with Crippen LogP contribution in [-0.4, -0.2) is 73.4 Å². The summed E-state index contributed by atoms with van der Waals surface area (Å²) in [6.45, 7) is 4.67. The number of nitrogens with zero attached hydrogens (tertiary/aromatic N) is 1. The van der Waals surface area contributed by atoms with Gasteiger partial charge in [0.05, 0.1) is 39.9 Å². The van der Waals surface area contributed by atoms with Crippen LogP contribution >= 0.6 is 7.82 Å². The van der Waals surface area contributed by atoms with Crippen molar-refractivity contribution in [2.24, 2.45) is 0 Å². The number of rotatable bonds is 49. The van der Waals surface area contributed by atoms with Crippen LogP contribution in [0.4, 0.5) is 0 Å². The summed E-state index contributed by atoms with van der Waals surface area (Å²) in [6, 6.07) is -0.854. The first-order valence-corrected chi connectivity index (χ1v) is 29.3. The smallest absolute Gasteiger partial charge is 0.387 e. The molecule has 0 spiro atoms. The highest BCUT2D eigenvalue weighted by Crippen LogP contribution is 2.43. The number of aliphatic hydroxyl groups excluding tert-OH is 1. The predicted molar refractivity (Wildman–Crippen MR) is 299 cm³/mol. The molecule has 0 saturated carbocycles. The quantitative estimate of drug-likeness (QED) is 0.0243. The Labute approximate surface area is 425 Å². The molecule has 0 aliphatic carbocycles. The van der Waals surface area contributed by atoms with E-state index in [0.717, 1.165) is 96.3 Å². The lowest BCUT2D eigenvalue weighted by Crippen LogP contribution is -2.45. The first-order chi connectivity index (χ1) is 33.5. The average Bonchev–Trinajstić information content (AvgIpc) is 3.31. The fraction of sp³-hybridized carbons (Fsp3) is 0.683. The average molecular weight is 982 g/mol. The molecular weight excluding hydrogens is 876 g/mol. The molecule has 0 aromatic carbocycles. The zero-order valence-electron chi connectivity index (χ0n) is 45.0. The van der Waals surface area contributed by atoms with E-state index in [-0.39, 0.29) is 19.1 Å². The molecule has 0 aromatic heterocycles. The molecule has 3 N–H and O–H groups in total. The number of carbonyl (C=O) groups excluding carboxylic acids is 1. The van der Waals surface area contributed by atoms with Gasteiger partial charge in [-0.25, -0.2) is 4.57 Å². The van der Waals surface area contributed by atoms with E-state index in [4.69, 9.17) is 9.05 Å². The third-order valence-corrected chi connectivity index (χ3v) is 12.7. The minimum absolute atomic E-state index is 0.0558. The maximum Gasteiger partial charge on any atom is 0.472 e.